The van der Waals surface area contributed by atoms with Gasteiger partial charge in [-0.15, -0.1) is 0 Å². The number of nitrogens with zero attached hydrogens (tertiary/aromatic N) is 1. The van der Waals surface area contributed by atoms with Crippen molar-refractivity contribution in [2.75, 3.05) is 6.54 Å². The Hall–Kier alpha value is -1.55. The second kappa shape index (κ2) is 8.53. The Balaban J connectivity index is 2.73. The van der Waals surface area contributed by atoms with Crippen molar-refractivity contribution in [1.82, 2.24) is 10.6 Å². The summed E-state index contributed by atoms with van der Waals surface area (Å²) in [6.45, 7) is 7.79. The van der Waals surface area contributed by atoms with Crippen LogP contribution in [0.1, 0.15) is 38.3 Å². The van der Waals surface area contributed by atoms with Crippen molar-refractivity contribution in [3.8, 4) is 0 Å². The van der Waals surface area contributed by atoms with Crippen LogP contribution in [0.15, 0.2) is 29.3 Å². The first kappa shape index (κ1) is 15.5. The molecule has 0 aliphatic rings. The van der Waals surface area contributed by atoms with Gasteiger partial charge in [0, 0.05) is 12.6 Å². The highest BCUT2D eigenvalue weighted by molar-refractivity contribution is 5.80. The summed E-state index contributed by atoms with van der Waals surface area (Å²) in [5.74, 6) is 0.824. The maximum atomic E-state index is 9.29. The SMILES string of the molecule is CCNC(=NCc1ccccc1CO)NC(C)CC. The van der Waals surface area contributed by atoms with E-state index in [0.717, 1.165) is 30.1 Å². The predicted molar refractivity (Wildman–Crippen MR) is 80.1 cm³/mol. The lowest BCUT2D eigenvalue weighted by Gasteiger charge is -2.16. The van der Waals surface area contributed by atoms with Crippen molar-refractivity contribution < 1.29 is 5.11 Å². The Kier molecular flexibility index (Phi) is 6.97. The van der Waals surface area contributed by atoms with Crippen LogP contribution in [0.5, 0.6) is 0 Å². The maximum Gasteiger partial charge on any atom is 0.191 e. The summed E-state index contributed by atoms with van der Waals surface area (Å²) >= 11 is 0. The third kappa shape index (κ3) is 5.30. The van der Waals surface area contributed by atoms with Gasteiger partial charge in [-0.1, -0.05) is 31.2 Å². The molecule has 0 heterocycles. The van der Waals surface area contributed by atoms with Gasteiger partial charge >= 0.3 is 0 Å². The number of hydrogen-bond acceptors (Lipinski definition) is 2. The highest BCUT2D eigenvalue weighted by atomic mass is 16.3. The molecule has 0 bridgehead atoms. The molecule has 1 aromatic rings. The number of guanidine groups is 1. The third-order valence-electron chi connectivity index (χ3n) is 3.04. The molecule has 0 fully saturated rings. The first-order chi connectivity index (χ1) is 9.21. The van der Waals surface area contributed by atoms with E-state index in [1.54, 1.807) is 0 Å². The number of hydrogen-bond donors (Lipinski definition) is 3. The molecule has 1 atom stereocenters. The van der Waals surface area contributed by atoms with E-state index in [4.69, 9.17) is 0 Å². The summed E-state index contributed by atoms with van der Waals surface area (Å²) < 4.78 is 0. The van der Waals surface area contributed by atoms with E-state index >= 15 is 0 Å². The van der Waals surface area contributed by atoms with Gasteiger partial charge in [-0.25, -0.2) is 4.99 Å². The highest BCUT2D eigenvalue weighted by Crippen LogP contribution is 2.09. The van der Waals surface area contributed by atoms with Crippen molar-refractivity contribution in [3.63, 3.8) is 0 Å². The van der Waals surface area contributed by atoms with Crippen molar-refractivity contribution in [2.24, 2.45) is 4.99 Å². The van der Waals surface area contributed by atoms with Crippen LogP contribution in [-0.2, 0) is 13.2 Å². The Labute approximate surface area is 116 Å². The van der Waals surface area contributed by atoms with Crippen LogP contribution in [0.25, 0.3) is 0 Å². The molecule has 0 aliphatic heterocycles. The van der Waals surface area contributed by atoms with Crippen molar-refractivity contribution in [3.05, 3.63) is 35.4 Å². The van der Waals surface area contributed by atoms with Crippen molar-refractivity contribution in [2.45, 2.75) is 46.4 Å². The van der Waals surface area contributed by atoms with E-state index in [1.165, 1.54) is 0 Å². The molecule has 1 rings (SSSR count). The van der Waals surface area contributed by atoms with E-state index < -0.39 is 0 Å². The molecule has 0 aliphatic carbocycles. The van der Waals surface area contributed by atoms with Crippen LogP contribution in [0.2, 0.25) is 0 Å². The van der Waals surface area contributed by atoms with Gasteiger partial charge < -0.3 is 15.7 Å². The van der Waals surface area contributed by atoms with Gasteiger partial charge in [0.2, 0.25) is 0 Å². The van der Waals surface area contributed by atoms with Gasteiger partial charge in [0.15, 0.2) is 5.96 Å². The lowest BCUT2D eigenvalue weighted by molar-refractivity contribution is 0.280. The quantitative estimate of drug-likeness (QED) is 0.544. The predicted octanol–water partition coefficient (Wildman–Crippen LogP) is 2.03. The second-order valence-corrected chi connectivity index (χ2v) is 4.58. The van der Waals surface area contributed by atoms with E-state index in [9.17, 15) is 5.11 Å². The van der Waals surface area contributed by atoms with Crippen molar-refractivity contribution in [1.29, 1.82) is 0 Å². The normalized spacial score (nSPS) is 13.2. The lowest BCUT2D eigenvalue weighted by Crippen LogP contribution is -2.41. The van der Waals surface area contributed by atoms with Gasteiger partial charge in [0.1, 0.15) is 0 Å². The van der Waals surface area contributed by atoms with Crippen LogP contribution in [-0.4, -0.2) is 23.7 Å². The lowest BCUT2D eigenvalue weighted by atomic mass is 10.1. The fraction of sp³-hybridized carbons (Fsp3) is 0.533. The fourth-order valence-corrected chi connectivity index (χ4v) is 1.69. The maximum absolute atomic E-state index is 9.29. The fourth-order valence-electron chi connectivity index (χ4n) is 1.69. The Morgan fingerprint density at radius 1 is 1.26 bits per heavy atom. The second-order valence-electron chi connectivity index (χ2n) is 4.58. The smallest absolute Gasteiger partial charge is 0.191 e. The largest absolute Gasteiger partial charge is 0.392 e. The summed E-state index contributed by atoms with van der Waals surface area (Å²) in [5, 5.41) is 15.9. The summed E-state index contributed by atoms with van der Waals surface area (Å²) in [6.07, 6.45) is 1.05. The standard InChI is InChI=1S/C15H25N3O/c1-4-12(3)18-15(16-5-2)17-10-13-8-6-7-9-14(13)11-19/h6-9,12,19H,4-5,10-11H2,1-3H3,(H2,16,17,18). The number of aliphatic hydroxyl groups excluding tert-OH is 1. The van der Waals surface area contributed by atoms with E-state index in [0.29, 0.717) is 12.6 Å². The van der Waals surface area contributed by atoms with E-state index in [-0.39, 0.29) is 6.61 Å². The number of aliphatic hydroxyl groups is 1. The molecule has 4 nitrogen and oxygen atoms in total. The van der Waals surface area contributed by atoms with Crippen LogP contribution in [0.3, 0.4) is 0 Å². The number of aliphatic imine (C=N–C) groups is 1. The molecule has 1 unspecified atom stereocenters. The summed E-state index contributed by atoms with van der Waals surface area (Å²) in [6, 6.07) is 8.23. The zero-order valence-corrected chi connectivity index (χ0v) is 12.1. The van der Waals surface area contributed by atoms with Crippen molar-refractivity contribution >= 4 is 5.96 Å². The average Bonchev–Trinajstić information content (AvgIpc) is 2.45. The minimum absolute atomic E-state index is 0.0566. The van der Waals surface area contributed by atoms with Crippen LogP contribution in [0, 0.1) is 0 Å². The number of benzene rings is 1. The summed E-state index contributed by atoms with van der Waals surface area (Å²) in [7, 11) is 0. The molecule has 0 spiro atoms. The first-order valence-electron chi connectivity index (χ1n) is 6.93. The Bertz CT molecular complexity index is 404. The molecule has 4 heteroatoms. The molecular formula is C15H25N3O. The van der Waals surface area contributed by atoms with Gasteiger partial charge in [0.05, 0.1) is 13.2 Å². The van der Waals surface area contributed by atoms with E-state index in [2.05, 4.69) is 36.4 Å². The first-order valence-corrected chi connectivity index (χ1v) is 6.93. The molecule has 3 N–H and O–H groups in total. The molecule has 0 saturated heterocycles. The summed E-state index contributed by atoms with van der Waals surface area (Å²) in [4.78, 5) is 4.56. The number of nitrogens with one attached hydrogen (secondary N) is 2. The van der Waals surface area contributed by atoms with Crippen LogP contribution >= 0.6 is 0 Å². The molecule has 0 aromatic heterocycles. The van der Waals surface area contributed by atoms with Gasteiger partial charge in [-0.2, -0.15) is 0 Å². The van der Waals surface area contributed by atoms with Crippen LogP contribution in [0.4, 0.5) is 0 Å². The molecule has 0 saturated carbocycles. The topological polar surface area (TPSA) is 56.7 Å². The average molecular weight is 263 g/mol. The van der Waals surface area contributed by atoms with Crippen LogP contribution < -0.4 is 10.6 Å². The minimum atomic E-state index is 0.0566. The zero-order chi connectivity index (χ0) is 14.1. The molecule has 1 aromatic carbocycles. The zero-order valence-electron chi connectivity index (χ0n) is 12.1. The monoisotopic (exact) mass is 263 g/mol. The van der Waals surface area contributed by atoms with E-state index in [1.807, 2.05) is 24.3 Å². The van der Waals surface area contributed by atoms with Gasteiger partial charge in [-0.3, -0.25) is 0 Å². The molecular weight excluding hydrogens is 238 g/mol. The third-order valence-corrected chi connectivity index (χ3v) is 3.04. The minimum Gasteiger partial charge on any atom is -0.392 e. The highest BCUT2D eigenvalue weighted by Gasteiger charge is 2.04. The van der Waals surface area contributed by atoms with Gasteiger partial charge in [-0.05, 0) is 31.4 Å². The van der Waals surface area contributed by atoms with Gasteiger partial charge in [0.25, 0.3) is 0 Å². The molecule has 106 valence electrons. The molecule has 0 amide bonds. The Morgan fingerprint density at radius 2 is 1.95 bits per heavy atom. The number of rotatable bonds is 6. The Morgan fingerprint density at radius 3 is 2.53 bits per heavy atom. The molecule has 19 heavy (non-hydrogen) atoms. The summed E-state index contributed by atoms with van der Waals surface area (Å²) in [5.41, 5.74) is 2.00. The molecule has 0 radical (unpaired) electrons.